The lowest BCUT2D eigenvalue weighted by atomic mass is 9.82. The number of aromatic nitrogens is 2. The summed E-state index contributed by atoms with van der Waals surface area (Å²) in [6, 6.07) is 6.57. The van der Waals surface area contributed by atoms with Crippen LogP contribution in [0, 0.1) is 25.1 Å². The number of hydrogen-bond acceptors (Lipinski definition) is 4. The molecule has 0 atom stereocenters. The zero-order valence-electron chi connectivity index (χ0n) is 20.1. The maximum atomic E-state index is 13.5. The number of benzene rings is 1. The number of rotatable bonds is 6. The molecule has 0 unspecified atom stereocenters. The van der Waals surface area contributed by atoms with Gasteiger partial charge in [0.2, 0.25) is 0 Å². The monoisotopic (exact) mass is 466 g/mol. The topological polar surface area (TPSA) is 86.9 Å². The van der Waals surface area contributed by atoms with Crippen molar-refractivity contribution in [3.63, 3.8) is 0 Å². The molecule has 2 aromatic heterocycles. The minimum absolute atomic E-state index is 0.0966. The summed E-state index contributed by atoms with van der Waals surface area (Å²) >= 11 is 0. The number of aryl methyl sites for hydroxylation is 2. The summed E-state index contributed by atoms with van der Waals surface area (Å²) in [4.78, 5) is 31.3. The highest BCUT2D eigenvalue weighted by atomic mass is 19.1. The van der Waals surface area contributed by atoms with Crippen LogP contribution in [0.4, 0.5) is 10.2 Å². The summed E-state index contributed by atoms with van der Waals surface area (Å²) < 4.78 is 15.4. The number of piperidine rings is 1. The Morgan fingerprint density at radius 3 is 2.50 bits per heavy atom. The molecule has 0 spiro atoms. The molecule has 0 saturated carbocycles. The second-order valence-electron chi connectivity index (χ2n) is 9.97. The van der Waals surface area contributed by atoms with Crippen molar-refractivity contribution in [2.45, 2.75) is 53.5 Å². The number of nitrogens with one attached hydrogen (secondary N) is 1. The predicted molar refractivity (Wildman–Crippen MR) is 129 cm³/mol. The van der Waals surface area contributed by atoms with Gasteiger partial charge in [0.15, 0.2) is 0 Å². The zero-order chi connectivity index (χ0) is 24.6. The minimum atomic E-state index is -0.895. The van der Waals surface area contributed by atoms with Crippen molar-refractivity contribution in [2.24, 2.45) is 5.41 Å². The number of hydrogen-bond donors (Lipinski definition) is 2. The molecular weight excluding hydrogens is 435 g/mol. The van der Waals surface area contributed by atoms with Crippen LogP contribution in [0.5, 0.6) is 0 Å². The highest BCUT2D eigenvalue weighted by Gasteiger charge is 2.29. The first-order valence-electron chi connectivity index (χ1n) is 11.6. The number of nitrogens with zero attached hydrogens (tertiary/aromatic N) is 3. The van der Waals surface area contributed by atoms with E-state index in [-0.39, 0.29) is 35.8 Å². The molecule has 0 aliphatic carbocycles. The third-order valence-electron chi connectivity index (χ3n) is 6.71. The molecule has 34 heavy (non-hydrogen) atoms. The number of anilines is 1. The van der Waals surface area contributed by atoms with Gasteiger partial charge in [0.05, 0.1) is 6.42 Å². The second kappa shape index (κ2) is 9.08. The lowest BCUT2D eigenvalue weighted by Crippen LogP contribution is -2.39. The van der Waals surface area contributed by atoms with E-state index in [0.717, 1.165) is 48.4 Å². The van der Waals surface area contributed by atoms with Gasteiger partial charge >= 0.3 is 5.97 Å². The van der Waals surface area contributed by atoms with Crippen LogP contribution in [0.2, 0.25) is 0 Å². The smallest absolute Gasteiger partial charge is 0.307 e. The molecule has 1 aromatic carbocycles. The van der Waals surface area contributed by atoms with Gasteiger partial charge in [-0.05, 0) is 60.9 Å². The Kier molecular flexibility index (Phi) is 6.34. The number of imidazole rings is 1. The van der Waals surface area contributed by atoms with Crippen molar-refractivity contribution in [3.05, 3.63) is 64.2 Å². The van der Waals surface area contributed by atoms with Crippen LogP contribution < -0.4 is 10.2 Å². The summed E-state index contributed by atoms with van der Waals surface area (Å²) in [5, 5.41) is 12.4. The van der Waals surface area contributed by atoms with Crippen LogP contribution in [0.25, 0.3) is 5.65 Å². The standard InChI is InChI=1S/C26H31FN4O3/c1-16-12-22-29-21(24(34)28-14-18-5-6-20(27)17(2)11-18)15-31(22)25(19(16)13-23(32)33)30-9-7-26(3,4)8-10-30/h5-6,11-12,15H,7-10,13-14H2,1-4H3,(H,28,34)(H,32,33). The van der Waals surface area contributed by atoms with Crippen LogP contribution >= 0.6 is 0 Å². The van der Waals surface area contributed by atoms with E-state index in [4.69, 9.17) is 0 Å². The van der Waals surface area contributed by atoms with E-state index in [2.05, 4.69) is 29.0 Å². The van der Waals surface area contributed by atoms with E-state index in [9.17, 15) is 19.1 Å². The van der Waals surface area contributed by atoms with E-state index in [1.807, 2.05) is 17.4 Å². The van der Waals surface area contributed by atoms with Gasteiger partial charge in [-0.2, -0.15) is 0 Å². The molecule has 0 bridgehead atoms. The van der Waals surface area contributed by atoms with E-state index in [0.29, 0.717) is 11.2 Å². The van der Waals surface area contributed by atoms with Gasteiger partial charge in [0.25, 0.3) is 5.91 Å². The summed E-state index contributed by atoms with van der Waals surface area (Å²) in [6.45, 7) is 9.94. The molecule has 3 aromatic rings. The Morgan fingerprint density at radius 1 is 1.15 bits per heavy atom. The number of aliphatic carboxylic acids is 1. The van der Waals surface area contributed by atoms with Gasteiger partial charge in [-0.15, -0.1) is 0 Å². The molecule has 4 rings (SSSR count). The number of carbonyl (C=O) groups is 2. The van der Waals surface area contributed by atoms with Crippen molar-refractivity contribution >= 4 is 23.3 Å². The zero-order valence-corrected chi connectivity index (χ0v) is 20.1. The van der Waals surface area contributed by atoms with E-state index >= 15 is 0 Å². The number of halogens is 1. The Balaban J connectivity index is 1.66. The number of fused-ring (bicyclic) bond motifs is 1. The van der Waals surface area contributed by atoms with Gasteiger partial charge < -0.3 is 15.3 Å². The van der Waals surface area contributed by atoms with Crippen LogP contribution in [0.1, 0.15) is 59.4 Å². The van der Waals surface area contributed by atoms with E-state index in [1.165, 1.54) is 6.07 Å². The Labute approximate surface area is 198 Å². The fraction of sp³-hybridized carbons (Fsp3) is 0.423. The predicted octanol–water partition coefficient (Wildman–Crippen LogP) is 4.27. The summed E-state index contributed by atoms with van der Waals surface area (Å²) in [6.07, 6.45) is 3.57. The van der Waals surface area contributed by atoms with Gasteiger partial charge in [-0.25, -0.2) is 9.37 Å². The molecule has 180 valence electrons. The van der Waals surface area contributed by atoms with Crippen LogP contribution in [0.15, 0.2) is 30.5 Å². The van der Waals surface area contributed by atoms with Crippen molar-refractivity contribution in [1.82, 2.24) is 14.7 Å². The summed E-state index contributed by atoms with van der Waals surface area (Å²) in [7, 11) is 0. The Hall–Kier alpha value is -3.42. The summed E-state index contributed by atoms with van der Waals surface area (Å²) in [5.41, 5.74) is 4.01. The number of carboxylic acids is 1. The van der Waals surface area contributed by atoms with Crippen molar-refractivity contribution < 1.29 is 19.1 Å². The third kappa shape index (κ3) is 4.90. The fourth-order valence-corrected chi connectivity index (χ4v) is 4.50. The number of carboxylic acid groups (broad SMARTS) is 1. The van der Waals surface area contributed by atoms with Crippen LogP contribution in [-0.4, -0.2) is 39.5 Å². The highest BCUT2D eigenvalue weighted by Crippen LogP contribution is 2.35. The molecule has 2 N–H and O–H groups in total. The molecule has 1 amide bonds. The normalized spacial score (nSPS) is 15.5. The average Bonchev–Trinajstić information content (AvgIpc) is 3.18. The molecule has 3 heterocycles. The lowest BCUT2D eigenvalue weighted by molar-refractivity contribution is -0.136. The van der Waals surface area contributed by atoms with Crippen LogP contribution in [0.3, 0.4) is 0 Å². The van der Waals surface area contributed by atoms with Gasteiger partial charge in [0, 0.05) is 31.4 Å². The third-order valence-corrected chi connectivity index (χ3v) is 6.71. The molecule has 0 radical (unpaired) electrons. The maximum absolute atomic E-state index is 13.5. The molecule has 1 saturated heterocycles. The van der Waals surface area contributed by atoms with Gasteiger partial charge in [-0.1, -0.05) is 26.0 Å². The maximum Gasteiger partial charge on any atom is 0.307 e. The molecule has 1 fully saturated rings. The average molecular weight is 467 g/mol. The SMILES string of the molecule is Cc1cc(CNC(=O)c2cn3c(N4CCC(C)(C)CC4)c(CC(=O)O)c(C)cc3n2)ccc1F. The fourth-order valence-electron chi connectivity index (χ4n) is 4.50. The Morgan fingerprint density at radius 2 is 1.85 bits per heavy atom. The highest BCUT2D eigenvalue weighted by molar-refractivity contribution is 5.93. The molecule has 8 heteroatoms. The second-order valence-corrected chi connectivity index (χ2v) is 9.97. The van der Waals surface area contributed by atoms with E-state index in [1.54, 1.807) is 25.3 Å². The number of amides is 1. The first-order valence-corrected chi connectivity index (χ1v) is 11.6. The van der Waals surface area contributed by atoms with Crippen molar-refractivity contribution in [3.8, 4) is 0 Å². The van der Waals surface area contributed by atoms with E-state index < -0.39 is 5.97 Å². The first-order chi connectivity index (χ1) is 16.0. The van der Waals surface area contributed by atoms with Gasteiger partial charge in [-0.3, -0.25) is 14.0 Å². The Bertz CT molecular complexity index is 1250. The first kappa shape index (κ1) is 23.7. The molecular formula is C26H31FN4O3. The quantitative estimate of drug-likeness (QED) is 0.567. The van der Waals surface area contributed by atoms with Gasteiger partial charge in [0.1, 0.15) is 23.0 Å². The van der Waals surface area contributed by atoms with Crippen molar-refractivity contribution in [1.29, 1.82) is 0 Å². The lowest BCUT2D eigenvalue weighted by Gasteiger charge is -2.39. The summed E-state index contributed by atoms with van der Waals surface area (Å²) in [5.74, 6) is -0.715. The largest absolute Gasteiger partial charge is 0.481 e. The van der Waals surface area contributed by atoms with Crippen LogP contribution in [-0.2, 0) is 17.8 Å². The minimum Gasteiger partial charge on any atom is -0.481 e. The molecule has 1 aliphatic heterocycles. The molecule has 7 nitrogen and oxygen atoms in total. The number of carbonyl (C=O) groups excluding carboxylic acids is 1. The van der Waals surface area contributed by atoms with Crippen molar-refractivity contribution in [2.75, 3.05) is 18.0 Å². The molecule has 1 aliphatic rings. The number of pyridine rings is 1.